The van der Waals surface area contributed by atoms with E-state index in [1.54, 1.807) is 20.8 Å². The van der Waals surface area contributed by atoms with Gasteiger partial charge in [0.15, 0.2) is 0 Å². The van der Waals surface area contributed by atoms with Crippen molar-refractivity contribution < 1.29 is 23.5 Å². The van der Waals surface area contributed by atoms with Crippen LogP contribution in [0.3, 0.4) is 0 Å². The molecular formula is C13H15BrFNO4. The molecule has 1 rings (SSSR count). The van der Waals surface area contributed by atoms with Gasteiger partial charge in [0, 0.05) is 4.47 Å². The first-order valence-electron chi connectivity index (χ1n) is 5.71. The first-order valence-corrected chi connectivity index (χ1v) is 6.50. The van der Waals surface area contributed by atoms with Gasteiger partial charge in [-0.25, -0.2) is 14.0 Å². The third-order valence-electron chi connectivity index (χ3n) is 2.10. The first-order chi connectivity index (χ1) is 9.14. The van der Waals surface area contributed by atoms with E-state index in [-0.39, 0.29) is 11.3 Å². The molecule has 1 amide bonds. The summed E-state index contributed by atoms with van der Waals surface area (Å²) in [6, 6.07) is 2.24. The minimum Gasteiger partial charge on any atom is -0.465 e. The molecule has 0 fully saturated rings. The van der Waals surface area contributed by atoms with Gasteiger partial charge in [-0.3, -0.25) is 5.32 Å². The number of benzene rings is 1. The monoisotopic (exact) mass is 347 g/mol. The Morgan fingerprint density at radius 1 is 1.30 bits per heavy atom. The molecular weight excluding hydrogens is 333 g/mol. The van der Waals surface area contributed by atoms with Gasteiger partial charge in [-0.2, -0.15) is 0 Å². The van der Waals surface area contributed by atoms with Crippen molar-refractivity contribution in [2.45, 2.75) is 26.4 Å². The third kappa shape index (κ3) is 4.48. The molecule has 5 nitrogen and oxygen atoms in total. The average molecular weight is 348 g/mol. The zero-order valence-corrected chi connectivity index (χ0v) is 13.1. The van der Waals surface area contributed by atoms with E-state index in [0.717, 1.165) is 13.2 Å². The summed E-state index contributed by atoms with van der Waals surface area (Å²) in [7, 11) is 1.16. The van der Waals surface area contributed by atoms with E-state index < -0.39 is 23.5 Å². The number of esters is 1. The van der Waals surface area contributed by atoms with Gasteiger partial charge >= 0.3 is 12.1 Å². The molecule has 0 saturated heterocycles. The maximum atomic E-state index is 13.7. The van der Waals surface area contributed by atoms with Crippen LogP contribution in [0.5, 0.6) is 0 Å². The van der Waals surface area contributed by atoms with E-state index in [2.05, 4.69) is 26.0 Å². The van der Waals surface area contributed by atoms with Gasteiger partial charge in [0.25, 0.3) is 0 Å². The first kappa shape index (κ1) is 16.4. The lowest BCUT2D eigenvalue weighted by atomic mass is 10.2. The number of amides is 1. The average Bonchev–Trinajstić information content (AvgIpc) is 2.30. The molecule has 0 aliphatic rings. The molecule has 7 heteroatoms. The third-order valence-corrected chi connectivity index (χ3v) is 2.75. The molecule has 20 heavy (non-hydrogen) atoms. The highest BCUT2D eigenvalue weighted by Crippen LogP contribution is 2.27. The Bertz CT molecular complexity index is 540. The summed E-state index contributed by atoms with van der Waals surface area (Å²) in [6.45, 7) is 5.13. The molecule has 0 radical (unpaired) electrons. The minimum atomic E-state index is -0.800. The van der Waals surface area contributed by atoms with Crippen molar-refractivity contribution >= 4 is 33.7 Å². The van der Waals surface area contributed by atoms with Crippen LogP contribution >= 0.6 is 15.9 Å². The highest BCUT2D eigenvalue weighted by Gasteiger charge is 2.19. The number of rotatable bonds is 2. The van der Waals surface area contributed by atoms with Crippen molar-refractivity contribution in [1.29, 1.82) is 0 Å². The summed E-state index contributed by atoms with van der Waals surface area (Å²) < 4.78 is 23.6. The Hall–Kier alpha value is -1.63. The number of hydrogen-bond acceptors (Lipinski definition) is 4. The van der Waals surface area contributed by atoms with E-state index in [0.29, 0.717) is 4.47 Å². The predicted molar refractivity (Wildman–Crippen MR) is 75.3 cm³/mol. The number of methoxy groups -OCH3 is 1. The molecule has 1 N–H and O–H groups in total. The van der Waals surface area contributed by atoms with Crippen LogP contribution in [0.4, 0.5) is 14.9 Å². The van der Waals surface area contributed by atoms with Crippen molar-refractivity contribution in [2.75, 3.05) is 12.4 Å². The summed E-state index contributed by atoms with van der Waals surface area (Å²) in [5.74, 6) is -1.60. The number of carbonyl (C=O) groups is 2. The minimum absolute atomic E-state index is 0.157. The lowest BCUT2D eigenvalue weighted by molar-refractivity contribution is 0.0594. The molecule has 0 aliphatic carbocycles. The molecule has 0 saturated carbocycles. The fourth-order valence-corrected chi connectivity index (χ4v) is 1.77. The molecule has 110 valence electrons. The van der Waals surface area contributed by atoms with Gasteiger partial charge in [0.2, 0.25) is 0 Å². The molecule has 0 heterocycles. The molecule has 0 aromatic heterocycles. The zero-order valence-electron chi connectivity index (χ0n) is 11.5. The van der Waals surface area contributed by atoms with Crippen molar-refractivity contribution in [2.24, 2.45) is 0 Å². The van der Waals surface area contributed by atoms with E-state index in [1.807, 2.05) is 0 Å². The summed E-state index contributed by atoms with van der Waals surface area (Å²) in [6.07, 6.45) is -0.719. The predicted octanol–water partition coefficient (Wildman–Crippen LogP) is 3.72. The molecule has 0 unspecified atom stereocenters. The Morgan fingerprint density at radius 2 is 1.90 bits per heavy atom. The van der Waals surface area contributed by atoms with E-state index >= 15 is 0 Å². The second-order valence-electron chi connectivity index (χ2n) is 4.93. The molecule has 0 atom stereocenters. The lowest BCUT2D eigenvalue weighted by Gasteiger charge is -2.20. The van der Waals surface area contributed by atoms with Gasteiger partial charge in [0.1, 0.15) is 11.4 Å². The van der Waals surface area contributed by atoms with Crippen LogP contribution in [-0.4, -0.2) is 24.8 Å². The Morgan fingerprint density at radius 3 is 2.40 bits per heavy atom. The summed E-state index contributed by atoms with van der Waals surface area (Å²) in [5, 5.41) is 2.39. The highest BCUT2D eigenvalue weighted by molar-refractivity contribution is 9.10. The van der Waals surface area contributed by atoms with Crippen molar-refractivity contribution in [1.82, 2.24) is 0 Å². The van der Waals surface area contributed by atoms with Crippen molar-refractivity contribution in [3.8, 4) is 0 Å². The number of ether oxygens (including phenoxy) is 2. The van der Waals surface area contributed by atoms with Crippen LogP contribution < -0.4 is 5.32 Å². The van der Waals surface area contributed by atoms with Crippen LogP contribution in [0.1, 0.15) is 31.1 Å². The molecule has 1 aromatic carbocycles. The SMILES string of the molecule is COC(=O)c1cc(Br)c(NC(=O)OC(C)(C)C)cc1F. The van der Waals surface area contributed by atoms with Gasteiger partial charge in [-0.15, -0.1) is 0 Å². The van der Waals surface area contributed by atoms with Crippen LogP contribution in [-0.2, 0) is 9.47 Å². The molecule has 0 spiro atoms. The largest absolute Gasteiger partial charge is 0.465 e. The van der Waals surface area contributed by atoms with E-state index in [9.17, 15) is 14.0 Å². The van der Waals surface area contributed by atoms with Crippen LogP contribution in [0.25, 0.3) is 0 Å². The van der Waals surface area contributed by atoms with Gasteiger partial charge in [0.05, 0.1) is 18.4 Å². The maximum Gasteiger partial charge on any atom is 0.412 e. The molecule has 1 aromatic rings. The van der Waals surface area contributed by atoms with E-state index in [4.69, 9.17) is 4.74 Å². The normalized spacial score (nSPS) is 10.9. The quantitative estimate of drug-likeness (QED) is 0.828. The van der Waals surface area contributed by atoms with Crippen molar-refractivity contribution in [3.05, 3.63) is 28.0 Å². The van der Waals surface area contributed by atoms with Crippen LogP contribution in [0, 0.1) is 5.82 Å². The Kier molecular flexibility index (Phi) is 5.10. The van der Waals surface area contributed by atoms with Gasteiger partial charge in [-0.1, -0.05) is 0 Å². The fraction of sp³-hybridized carbons (Fsp3) is 0.385. The Balaban J connectivity index is 2.96. The lowest BCUT2D eigenvalue weighted by Crippen LogP contribution is -2.27. The smallest absolute Gasteiger partial charge is 0.412 e. The number of hydrogen-bond donors (Lipinski definition) is 1. The zero-order chi connectivity index (χ0) is 15.5. The van der Waals surface area contributed by atoms with E-state index in [1.165, 1.54) is 6.07 Å². The number of carbonyl (C=O) groups excluding carboxylic acids is 2. The Labute approximate surface area is 124 Å². The van der Waals surface area contributed by atoms with Gasteiger partial charge in [-0.05, 0) is 48.8 Å². The standard InChI is InChI=1S/C13H15BrFNO4/c1-13(2,3)20-12(18)16-10-6-9(15)7(5-8(10)14)11(17)19-4/h5-6H,1-4H3,(H,16,18). The summed E-state index contributed by atoms with van der Waals surface area (Å²) >= 11 is 3.14. The topological polar surface area (TPSA) is 64.6 Å². The number of halogens is 2. The molecule has 0 bridgehead atoms. The number of nitrogens with one attached hydrogen (secondary N) is 1. The highest BCUT2D eigenvalue weighted by atomic mass is 79.9. The van der Waals surface area contributed by atoms with Crippen LogP contribution in [0.2, 0.25) is 0 Å². The maximum absolute atomic E-state index is 13.7. The second-order valence-corrected chi connectivity index (χ2v) is 5.78. The van der Waals surface area contributed by atoms with Crippen molar-refractivity contribution in [3.63, 3.8) is 0 Å². The van der Waals surface area contributed by atoms with Crippen LogP contribution in [0.15, 0.2) is 16.6 Å². The summed E-state index contributed by atoms with van der Waals surface area (Å²) in [4.78, 5) is 22.9. The molecule has 0 aliphatic heterocycles. The number of anilines is 1. The fourth-order valence-electron chi connectivity index (χ4n) is 1.32. The second kappa shape index (κ2) is 6.21. The van der Waals surface area contributed by atoms with Gasteiger partial charge < -0.3 is 9.47 Å². The summed E-state index contributed by atoms with van der Waals surface area (Å²) in [5.41, 5.74) is -0.736.